The zero-order valence-corrected chi connectivity index (χ0v) is 8.99. The van der Waals surface area contributed by atoms with Crippen molar-refractivity contribution in [2.45, 2.75) is 19.8 Å². The molecular weight excluding hydrogens is 204 g/mol. The summed E-state index contributed by atoms with van der Waals surface area (Å²) >= 11 is 0. The van der Waals surface area contributed by atoms with Gasteiger partial charge >= 0.3 is 0 Å². The highest BCUT2D eigenvalue weighted by atomic mass is 16.2. The number of fused-ring (bicyclic) bond motifs is 1. The minimum absolute atomic E-state index is 0.305. The lowest BCUT2D eigenvalue weighted by atomic mass is 10.0. The first-order valence-electron chi connectivity index (χ1n) is 5.23. The highest BCUT2D eigenvalue weighted by Crippen LogP contribution is 2.13. The van der Waals surface area contributed by atoms with Crippen LogP contribution in [-0.2, 0) is 4.79 Å². The summed E-state index contributed by atoms with van der Waals surface area (Å²) in [7, 11) is 0. The molecule has 0 radical (unpaired) electrons. The summed E-state index contributed by atoms with van der Waals surface area (Å²) in [5.41, 5.74) is 1.99. The molecule has 0 aliphatic carbocycles. The molecular formula is C12H12N2O2. The van der Waals surface area contributed by atoms with Crippen molar-refractivity contribution in [2.24, 2.45) is 0 Å². The Morgan fingerprint density at radius 2 is 2.19 bits per heavy atom. The van der Waals surface area contributed by atoms with E-state index in [-0.39, 0.29) is 5.78 Å². The van der Waals surface area contributed by atoms with Crippen molar-refractivity contribution in [2.75, 3.05) is 0 Å². The van der Waals surface area contributed by atoms with Gasteiger partial charge in [-0.2, -0.15) is 0 Å². The van der Waals surface area contributed by atoms with Gasteiger partial charge in [-0.1, -0.05) is 6.92 Å². The van der Waals surface area contributed by atoms with Crippen LogP contribution >= 0.6 is 0 Å². The smallest absolute Gasteiger partial charge is 0.228 e. The molecule has 0 spiro atoms. The molecule has 2 aromatic rings. The predicted octanol–water partition coefficient (Wildman–Crippen LogP) is 2.11. The van der Waals surface area contributed by atoms with Gasteiger partial charge in [-0.3, -0.25) is 9.59 Å². The van der Waals surface area contributed by atoms with E-state index >= 15 is 0 Å². The number of Topliss-reactive ketones (excluding diaryl/α,β-unsaturated/α-hetero) is 2. The maximum Gasteiger partial charge on any atom is 0.228 e. The molecule has 4 heteroatoms. The second-order valence-electron chi connectivity index (χ2n) is 3.64. The van der Waals surface area contributed by atoms with Crippen LogP contribution in [0.15, 0.2) is 24.5 Å². The van der Waals surface area contributed by atoms with E-state index in [9.17, 15) is 9.59 Å². The van der Waals surface area contributed by atoms with Crippen LogP contribution in [0.3, 0.4) is 0 Å². The summed E-state index contributed by atoms with van der Waals surface area (Å²) in [4.78, 5) is 30.1. The van der Waals surface area contributed by atoms with Crippen molar-refractivity contribution < 1.29 is 9.59 Å². The molecule has 0 aliphatic rings. The van der Waals surface area contributed by atoms with Crippen molar-refractivity contribution in [3.8, 4) is 0 Å². The monoisotopic (exact) mass is 216 g/mol. The minimum Gasteiger partial charge on any atom is -0.345 e. The maximum atomic E-state index is 11.7. The highest BCUT2D eigenvalue weighted by Gasteiger charge is 2.15. The average molecular weight is 216 g/mol. The number of imidazole rings is 1. The van der Waals surface area contributed by atoms with Crippen LogP contribution in [0, 0.1) is 0 Å². The van der Waals surface area contributed by atoms with E-state index in [4.69, 9.17) is 0 Å². The number of hydrogen-bond donors (Lipinski definition) is 1. The van der Waals surface area contributed by atoms with E-state index in [1.54, 1.807) is 24.5 Å². The van der Waals surface area contributed by atoms with Crippen LogP contribution in [-0.4, -0.2) is 21.5 Å². The van der Waals surface area contributed by atoms with Gasteiger partial charge in [-0.25, -0.2) is 4.98 Å². The molecule has 1 aromatic heterocycles. The van der Waals surface area contributed by atoms with Gasteiger partial charge in [-0.15, -0.1) is 0 Å². The first-order chi connectivity index (χ1) is 7.72. The molecule has 16 heavy (non-hydrogen) atoms. The summed E-state index contributed by atoms with van der Waals surface area (Å²) < 4.78 is 0. The van der Waals surface area contributed by atoms with Gasteiger partial charge in [0, 0.05) is 12.0 Å². The van der Waals surface area contributed by atoms with Gasteiger partial charge in [-0.05, 0) is 24.6 Å². The summed E-state index contributed by atoms with van der Waals surface area (Å²) in [6.07, 6.45) is 2.56. The summed E-state index contributed by atoms with van der Waals surface area (Å²) in [6, 6.07) is 5.04. The molecule has 0 aliphatic heterocycles. The largest absolute Gasteiger partial charge is 0.345 e. The third-order valence-corrected chi connectivity index (χ3v) is 2.41. The molecule has 2 rings (SSSR count). The number of ketones is 2. The number of nitrogens with one attached hydrogen (secondary N) is 1. The quantitative estimate of drug-likeness (QED) is 0.629. The van der Waals surface area contributed by atoms with E-state index in [0.717, 1.165) is 11.0 Å². The van der Waals surface area contributed by atoms with Gasteiger partial charge in [0.25, 0.3) is 0 Å². The molecule has 4 nitrogen and oxygen atoms in total. The van der Waals surface area contributed by atoms with Gasteiger partial charge in [0.2, 0.25) is 11.6 Å². The van der Waals surface area contributed by atoms with E-state index in [1.165, 1.54) is 0 Å². The lowest BCUT2D eigenvalue weighted by molar-refractivity contribution is -0.115. The average Bonchev–Trinajstić information content (AvgIpc) is 2.75. The number of benzene rings is 1. The van der Waals surface area contributed by atoms with Crippen LogP contribution in [0.2, 0.25) is 0 Å². The molecule has 0 atom stereocenters. The van der Waals surface area contributed by atoms with Gasteiger partial charge in [0.1, 0.15) is 0 Å². The van der Waals surface area contributed by atoms with Crippen molar-refractivity contribution >= 4 is 22.6 Å². The molecule has 1 aromatic carbocycles. The van der Waals surface area contributed by atoms with Crippen molar-refractivity contribution in [3.05, 3.63) is 30.1 Å². The predicted molar refractivity (Wildman–Crippen MR) is 60.3 cm³/mol. The summed E-state index contributed by atoms with van der Waals surface area (Å²) in [5.74, 6) is -0.750. The standard InChI is InChI=1S/C12H12N2O2/c1-2-3-11(15)12(16)8-4-5-9-10(6-8)14-7-13-9/h4-7H,2-3H2,1H3,(H,13,14). The molecule has 82 valence electrons. The number of aromatic nitrogens is 2. The number of nitrogens with zero attached hydrogens (tertiary/aromatic N) is 1. The Balaban J connectivity index is 2.32. The number of hydrogen-bond acceptors (Lipinski definition) is 3. The number of carbonyl (C=O) groups excluding carboxylic acids is 2. The number of rotatable bonds is 4. The fraction of sp³-hybridized carbons (Fsp3) is 0.250. The summed E-state index contributed by atoms with van der Waals surface area (Å²) in [6.45, 7) is 1.88. The second-order valence-corrected chi connectivity index (χ2v) is 3.64. The lowest BCUT2D eigenvalue weighted by Gasteiger charge is -1.98. The van der Waals surface area contributed by atoms with Crippen LogP contribution in [0.5, 0.6) is 0 Å². The van der Waals surface area contributed by atoms with Gasteiger partial charge in [0.05, 0.1) is 17.4 Å². The molecule has 1 N–H and O–H groups in total. The highest BCUT2D eigenvalue weighted by molar-refractivity contribution is 6.43. The topological polar surface area (TPSA) is 62.8 Å². The zero-order valence-electron chi connectivity index (χ0n) is 8.99. The van der Waals surface area contributed by atoms with Crippen molar-refractivity contribution in [1.29, 1.82) is 0 Å². The van der Waals surface area contributed by atoms with E-state index in [0.29, 0.717) is 18.4 Å². The van der Waals surface area contributed by atoms with Gasteiger partial charge in [0.15, 0.2) is 0 Å². The van der Waals surface area contributed by atoms with E-state index in [1.807, 2.05) is 6.92 Å². The second kappa shape index (κ2) is 4.26. The van der Waals surface area contributed by atoms with Crippen LogP contribution in [0.4, 0.5) is 0 Å². The van der Waals surface area contributed by atoms with Crippen molar-refractivity contribution in [3.63, 3.8) is 0 Å². The Morgan fingerprint density at radius 3 is 2.94 bits per heavy atom. The molecule has 0 bridgehead atoms. The normalized spacial score (nSPS) is 10.6. The van der Waals surface area contributed by atoms with E-state index in [2.05, 4.69) is 9.97 Å². The SMILES string of the molecule is CCCC(=O)C(=O)c1ccc2nc[nH]c2c1. The molecule has 0 saturated carbocycles. The Kier molecular flexibility index (Phi) is 2.81. The Bertz CT molecular complexity index is 543. The first-order valence-corrected chi connectivity index (χ1v) is 5.23. The number of H-pyrrole nitrogens is 1. The molecule has 1 heterocycles. The molecule has 0 fully saturated rings. The van der Waals surface area contributed by atoms with Crippen LogP contribution in [0.1, 0.15) is 30.1 Å². The number of carbonyl (C=O) groups is 2. The number of aromatic amines is 1. The maximum absolute atomic E-state index is 11.7. The zero-order chi connectivity index (χ0) is 11.5. The first kappa shape index (κ1) is 10.5. The molecule has 0 saturated heterocycles. The van der Waals surface area contributed by atoms with Crippen LogP contribution in [0.25, 0.3) is 11.0 Å². The molecule has 0 amide bonds. The fourth-order valence-electron chi connectivity index (χ4n) is 1.58. The Hall–Kier alpha value is -1.97. The van der Waals surface area contributed by atoms with E-state index < -0.39 is 5.78 Å². The van der Waals surface area contributed by atoms with Crippen LogP contribution < -0.4 is 0 Å². The van der Waals surface area contributed by atoms with Crippen molar-refractivity contribution in [1.82, 2.24) is 9.97 Å². The Labute approximate surface area is 92.7 Å². The lowest BCUT2D eigenvalue weighted by Crippen LogP contribution is -2.13. The third kappa shape index (κ3) is 1.86. The minimum atomic E-state index is -0.418. The fourth-order valence-corrected chi connectivity index (χ4v) is 1.58. The third-order valence-electron chi connectivity index (χ3n) is 2.41. The Morgan fingerprint density at radius 1 is 1.38 bits per heavy atom. The van der Waals surface area contributed by atoms with Gasteiger partial charge < -0.3 is 4.98 Å². The molecule has 0 unspecified atom stereocenters. The summed E-state index contributed by atoms with van der Waals surface area (Å²) in [5, 5.41) is 0.